The number of hydrogen-bond acceptors (Lipinski definition) is 2. The van der Waals surface area contributed by atoms with Gasteiger partial charge in [-0.15, -0.1) is 11.3 Å². The third kappa shape index (κ3) is 8.13. The van der Waals surface area contributed by atoms with Crippen molar-refractivity contribution in [3.05, 3.63) is 177 Å². The van der Waals surface area contributed by atoms with E-state index in [0.29, 0.717) is 11.8 Å². The Hall–Kier alpha value is -4.86. The van der Waals surface area contributed by atoms with Gasteiger partial charge in [0.1, 0.15) is 0 Å². The Morgan fingerprint density at radius 2 is 1.26 bits per heavy atom. The lowest BCUT2D eigenvalue weighted by Crippen LogP contribution is -2.65. The molecule has 0 saturated carbocycles. The Kier molecular flexibility index (Phi) is 13.9. The highest BCUT2D eigenvalue weighted by Crippen LogP contribution is 2.56. The summed E-state index contributed by atoms with van der Waals surface area (Å²) in [5.41, 5.74) is 19.9. The maximum Gasteiger partial charge on any atom is 0.260 e. The molecule has 0 fully saturated rings. The summed E-state index contributed by atoms with van der Waals surface area (Å²) >= 11 is 2.08. The molecule has 0 amide bonds. The maximum absolute atomic E-state index is 2.84. The number of unbranched alkanes of at least 4 members (excludes halogenated alkanes) is 5. The molecule has 3 heteroatoms. The first-order valence-corrected chi connectivity index (χ1v) is 28.8. The zero-order valence-corrected chi connectivity index (χ0v) is 45.1. The summed E-state index contributed by atoms with van der Waals surface area (Å²) in [6.45, 7) is 22.2. The van der Waals surface area contributed by atoms with E-state index in [-0.39, 0.29) is 17.5 Å². The van der Waals surface area contributed by atoms with Crippen LogP contribution in [-0.4, -0.2) is 6.71 Å². The first-order chi connectivity index (χ1) is 34.0. The molecule has 362 valence electrons. The Balaban J connectivity index is 1.37. The smallest absolute Gasteiger partial charge is 0.260 e. The normalized spacial score (nSPS) is 17.9. The van der Waals surface area contributed by atoms with Crippen molar-refractivity contribution < 1.29 is 0 Å². The van der Waals surface area contributed by atoms with Crippen molar-refractivity contribution in [1.82, 2.24) is 0 Å². The number of fused-ring (bicyclic) bond motifs is 7. The molecule has 3 aliphatic rings. The molecule has 0 N–H and O–H groups in total. The lowest BCUT2D eigenvalue weighted by Gasteiger charge is -2.52. The highest BCUT2D eigenvalue weighted by Gasteiger charge is 2.55. The summed E-state index contributed by atoms with van der Waals surface area (Å²) < 4.78 is 2.91. The second-order valence-corrected chi connectivity index (χ2v) is 23.9. The summed E-state index contributed by atoms with van der Waals surface area (Å²) in [7, 11) is 0. The third-order valence-corrected chi connectivity index (χ3v) is 19.3. The van der Waals surface area contributed by atoms with E-state index >= 15 is 0 Å². The highest BCUT2D eigenvalue weighted by atomic mass is 32.1. The first kappa shape index (κ1) is 48.8. The van der Waals surface area contributed by atoms with Crippen LogP contribution in [0.2, 0.25) is 0 Å². The van der Waals surface area contributed by atoms with Crippen molar-refractivity contribution in [2.24, 2.45) is 5.92 Å². The molecule has 7 aromatic rings. The maximum atomic E-state index is 2.84. The molecular formula is C67H80BNS. The van der Waals surface area contributed by atoms with Crippen LogP contribution in [0, 0.1) is 5.92 Å². The minimum atomic E-state index is -0.544. The molecule has 1 aliphatic carbocycles. The number of hydrogen-bond donors (Lipinski definition) is 0. The number of thiophene rings is 1. The summed E-state index contributed by atoms with van der Waals surface area (Å²) in [4.78, 5) is 2.77. The van der Waals surface area contributed by atoms with Gasteiger partial charge in [0.25, 0.3) is 6.71 Å². The van der Waals surface area contributed by atoms with Crippen molar-refractivity contribution in [3.63, 3.8) is 0 Å². The highest BCUT2D eigenvalue weighted by molar-refractivity contribution is 7.33. The van der Waals surface area contributed by atoms with Gasteiger partial charge in [-0.25, -0.2) is 0 Å². The van der Waals surface area contributed by atoms with Crippen LogP contribution in [0.15, 0.2) is 127 Å². The fraction of sp³-hybridized carbons (Fsp3) is 0.433. The van der Waals surface area contributed by atoms with E-state index in [0.717, 1.165) is 12.8 Å². The first-order valence-electron chi connectivity index (χ1n) is 28.0. The van der Waals surface area contributed by atoms with Gasteiger partial charge in [-0.2, -0.15) is 0 Å². The number of anilines is 3. The average Bonchev–Trinajstić information content (AvgIpc) is 3.76. The van der Waals surface area contributed by atoms with Crippen molar-refractivity contribution in [3.8, 4) is 0 Å². The van der Waals surface area contributed by atoms with Gasteiger partial charge in [0.05, 0.1) is 11.1 Å². The van der Waals surface area contributed by atoms with Crippen molar-refractivity contribution in [2.45, 2.75) is 181 Å². The molecule has 0 radical (unpaired) electrons. The third-order valence-electron chi connectivity index (χ3n) is 18.1. The topological polar surface area (TPSA) is 3.24 Å². The lowest BCUT2D eigenvalue weighted by atomic mass is 9.31. The van der Waals surface area contributed by atoms with Gasteiger partial charge in [0, 0.05) is 26.2 Å². The van der Waals surface area contributed by atoms with Crippen molar-refractivity contribution >= 4 is 60.9 Å². The molecule has 70 heavy (non-hydrogen) atoms. The van der Waals surface area contributed by atoms with E-state index in [4.69, 9.17) is 0 Å². The molecule has 2 atom stereocenters. The van der Waals surface area contributed by atoms with Gasteiger partial charge in [0.15, 0.2) is 0 Å². The van der Waals surface area contributed by atoms with Crippen LogP contribution in [0.5, 0.6) is 0 Å². The van der Waals surface area contributed by atoms with Crippen LogP contribution in [-0.2, 0) is 29.1 Å². The fourth-order valence-corrected chi connectivity index (χ4v) is 15.2. The molecule has 10 rings (SSSR count). The molecular weight excluding hydrogens is 862 g/mol. The second-order valence-electron chi connectivity index (χ2n) is 22.8. The average molecular weight is 942 g/mol. The largest absolute Gasteiger partial charge is 0.310 e. The van der Waals surface area contributed by atoms with Crippen LogP contribution in [0.3, 0.4) is 0 Å². The van der Waals surface area contributed by atoms with E-state index in [1.807, 2.05) is 0 Å². The molecule has 1 aromatic heterocycles. The van der Waals surface area contributed by atoms with Gasteiger partial charge in [-0.05, 0) is 153 Å². The van der Waals surface area contributed by atoms with E-state index < -0.39 is 5.41 Å². The van der Waals surface area contributed by atoms with E-state index in [1.54, 1.807) is 11.1 Å². The zero-order valence-electron chi connectivity index (χ0n) is 44.3. The number of aryl methyl sites for hydroxylation is 2. The zero-order chi connectivity index (χ0) is 48.8. The Labute approximate surface area is 427 Å². The predicted molar refractivity (Wildman–Crippen MR) is 308 cm³/mol. The molecule has 0 bridgehead atoms. The summed E-state index contributed by atoms with van der Waals surface area (Å²) in [5, 5.41) is 1.42. The van der Waals surface area contributed by atoms with Crippen molar-refractivity contribution in [1.29, 1.82) is 0 Å². The minimum absolute atomic E-state index is 0.0438. The molecule has 2 aliphatic heterocycles. The second kappa shape index (κ2) is 20.0. The molecule has 0 spiro atoms. The Bertz CT molecular complexity index is 2900. The van der Waals surface area contributed by atoms with E-state index in [2.05, 4.69) is 206 Å². The van der Waals surface area contributed by atoms with Crippen LogP contribution in [0.4, 0.5) is 17.1 Å². The predicted octanol–water partition coefficient (Wildman–Crippen LogP) is 17.4. The van der Waals surface area contributed by atoms with Gasteiger partial charge in [-0.1, -0.05) is 216 Å². The van der Waals surface area contributed by atoms with Gasteiger partial charge >= 0.3 is 0 Å². The standard InChI is InChI=1S/C67H80BNS/c1-10-15-20-26-46(6)49-35-38-61-54(43-49)63-64(70-61)68-59-45-56-55(65(7,8)39-40-66(56,9)50(13-4)14-5)44-57(59)67(51-29-22-18-23-30-51,52-31-24-19-25-32-52)58-41-48(28-21-16-11-2)42-60(62(58)68)69(63)53-36-33-47(34-37-53)27-17-12-3/h18-19,22-25,29-38,41-46,50H,10-17,20-21,26-28,39-40H2,1-9H3. The molecule has 1 nitrogen and oxygen atoms in total. The van der Waals surface area contributed by atoms with Gasteiger partial charge in [0.2, 0.25) is 0 Å². The lowest BCUT2D eigenvalue weighted by molar-refractivity contribution is 0.209. The quantitative estimate of drug-likeness (QED) is 0.0612. The van der Waals surface area contributed by atoms with Crippen molar-refractivity contribution in [2.75, 3.05) is 4.90 Å². The number of rotatable bonds is 18. The van der Waals surface area contributed by atoms with E-state index in [9.17, 15) is 0 Å². The van der Waals surface area contributed by atoms with Gasteiger partial charge < -0.3 is 4.90 Å². The summed E-state index contributed by atoms with van der Waals surface area (Å²) in [6, 6.07) is 51.9. The summed E-state index contributed by atoms with van der Waals surface area (Å²) in [6.07, 6.45) is 18.1. The summed E-state index contributed by atoms with van der Waals surface area (Å²) in [5.74, 6) is 1.13. The SMILES string of the molecule is CCCCCc1cc2c3c(c1)C(c1ccccc1)(c1ccccc1)c1cc4c(cc1B3c1sc3ccc(C(C)CCCCC)cc3c1N2c1ccc(CCCC)cc1)C(C)(C(CC)CC)CCC4(C)C. The monoisotopic (exact) mass is 942 g/mol. The van der Waals surface area contributed by atoms with Crippen LogP contribution in [0.1, 0.15) is 202 Å². The van der Waals surface area contributed by atoms with E-state index in [1.165, 1.54) is 165 Å². The van der Waals surface area contributed by atoms with Crippen LogP contribution in [0.25, 0.3) is 10.1 Å². The number of nitrogens with zero attached hydrogens (tertiary/aromatic N) is 1. The molecule has 6 aromatic carbocycles. The van der Waals surface area contributed by atoms with Gasteiger partial charge in [-0.3, -0.25) is 0 Å². The minimum Gasteiger partial charge on any atom is -0.310 e. The Morgan fingerprint density at radius 1 is 0.600 bits per heavy atom. The van der Waals surface area contributed by atoms with Crippen LogP contribution < -0.4 is 20.6 Å². The molecule has 2 unspecified atom stereocenters. The van der Waals surface area contributed by atoms with Crippen LogP contribution >= 0.6 is 11.3 Å². The Morgan fingerprint density at radius 3 is 1.91 bits per heavy atom. The molecule has 3 heterocycles. The molecule has 0 saturated heterocycles. The fourth-order valence-electron chi connectivity index (χ4n) is 13.9. The number of benzene rings is 6.